The van der Waals surface area contributed by atoms with E-state index in [-0.39, 0.29) is 11.8 Å². The van der Waals surface area contributed by atoms with Gasteiger partial charge in [0.15, 0.2) is 0 Å². The monoisotopic (exact) mass is 355 g/mol. The van der Waals surface area contributed by atoms with E-state index in [0.717, 1.165) is 18.7 Å². The largest absolute Gasteiger partial charge is 0.352 e. The zero-order valence-corrected chi connectivity index (χ0v) is 15.4. The average molecular weight is 355 g/mol. The molecule has 138 valence electrons. The predicted molar refractivity (Wildman–Crippen MR) is 104 cm³/mol. The summed E-state index contributed by atoms with van der Waals surface area (Å²) in [6.45, 7) is 3.03. The Bertz CT molecular complexity index is 744. The second-order valence-corrected chi connectivity index (χ2v) is 6.23. The molecule has 2 rings (SSSR count). The number of amides is 2. The summed E-state index contributed by atoms with van der Waals surface area (Å²) in [4.78, 5) is 29.6. The molecule has 0 aliphatic heterocycles. The van der Waals surface area contributed by atoms with Gasteiger partial charge in [-0.3, -0.25) is 9.59 Å². The summed E-state index contributed by atoms with van der Waals surface area (Å²) in [7, 11) is 4.01. The fourth-order valence-electron chi connectivity index (χ4n) is 2.33. The van der Waals surface area contributed by atoms with Crippen LogP contribution in [0.15, 0.2) is 42.6 Å². The molecule has 7 nitrogen and oxygen atoms in total. The molecule has 2 aromatic rings. The van der Waals surface area contributed by atoms with Crippen molar-refractivity contribution in [2.45, 2.75) is 13.3 Å². The molecule has 0 aliphatic carbocycles. The summed E-state index contributed by atoms with van der Waals surface area (Å²) in [5.41, 5.74) is 2.02. The predicted octanol–water partition coefficient (Wildman–Crippen LogP) is 2.47. The number of benzene rings is 1. The molecule has 0 saturated carbocycles. The van der Waals surface area contributed by atoms with Crippen molar-refractivity contribution in [2.75, 3.05) is 37.8 Å². The molecule has 1 aromatic carbocycles. The fourth-order valence-corrected chi connectivity index (χ4v) is 2.33. The maximum Gasteiger partial charge on any atom is 0.252 e. The first-order valence-electron chi connectivity index (χ1n) is 8.47. The molecule has 0 unspecified atom stereocenters. The van der Waals surface area contributed by atoms with Gasteiger partial charge in [-0.05, 0) is 57.4 Å². The molecule has 7 heteroatoms. The minimum absolute atomic E-state index is 0.124. The number of pyridine rings is 1. The van der Waals surface area contributed by atoms with Crippen molar-refractivity contribution in [3.05, 3.63) is 48.2 Å². The van der Waals surface area contributed by atoms with Gasteiger partial charge in [0.1, 0.15) is 5.82 Å². The van der Waals surface area contributed by atoms with Crippen LogP contribution in [0.3, 0.4) is 0 Å². The van der Waals surface area contributed by atoms with Crippen LogP contribution in [-0.2, 0) is 4.79 Å². The molecule has 0 radical (unpaired) electrons. The van der Waals surface area contributed by atoms with Crippen molar-refractivity contribution in [1.29, 1.82) is 0 Å². The third kappa shape index (κ3) is 6.52. The van der Waals surface area contributed by atoms with E-state index in [1.54, 1.807) is 18.3 Å². The molecule has 2 amide bonds. The van der Waals surface area contributed by atoms with Crippen molar-refractivity contribution in [3.8, 4) is 0 Å². The zero-order valence-electron chi connectivity index (χ0n) is 15.4. The highest BCUT2D eigenvalue weighted by Gasteiger charge is 2.06. The van der Waals surface area contributed by atoms with E-state index in [4.69, 9.17) is 0 Å². The highest BCUT2D eigenvalue weighted by molar-refractivity contribution is 5.94. The number of rotatable bonds is 8. The molecular formula is C19H25N5O2. The van der Waals surface area contributed by atoms with Crippen molar-refractivity contribution in [3.63, 3.8) is 0 Å². The van der Waals surface area contributed by atoms with E-state index in [9.17, 15) is 9.59 Å². The quantitative estimate of drug-likeness (QED) is 0.633. The van der Waals surface area contributed by atoms with Crippen LogP contribution in [0.4, 0.5) is 17.2 Å². The van der Waals surface area contributed by atoms with Crippen LogP contribution in [0, 0.1) is 0 Å². The Morgan fingerprint density at radius 2 is 1.88 bits per heavy atom. The Kier molecular flexibility index (Phi) is 7.11. The van der Waals surface area contributed by atoms with Crippen LogP contribution in [0.1, 0.15) is 23.7 Å². The smallest absolute Gasteiger partial charge is 0.252 e. The van der Waals surface area contributed by atoms with E-state index in [1.165, 1.54) is 6.92 Å². The number of carbonyl (C=O) groups excluding carboxylic acids is 2. The van der Waals surface area contributed by atoms with Gasteiger partial charge < -0.3 is 20.9 Å². The third-order valence-corrected chi connectivity index (χ3v) is 3.55. The van der Waals surface area contributed by atoms with E-state index in [2.05, 4.69) is 25.8 Å². The summed E-state index contributed by atoms with van der Waals surface area (Å²) in [5, 5.41) is 8.76. The van der Waals surface area contributed by atoms with E-state index >= 15 is 0 Å². The molecule has 1 aromatic heterocycles. The number of carbonyl (C=O) groups is 2. The Balaban J connectivity index is 1.91. The molecule has 3 N–H and O–H groups in total. The molecule has 0 aliphatic rings. The van der Waals surface area contributed by atoms with Crippen molar-refractivity contribution < 1.29 is 9.59 Å². The van der Waals surface area contributed by atoms with Crippen molar-refractivity contribution >= 4 is 29.0 Å². The summed E-state index contributed by atoms with van der Waals surface area (Å²) in [6, 6.07) is 10.8. The minimum atomic E-state index is -0.129. The third-order valence-electron chi connectivity index (χ3n) is 3.55. The van der Waals surface area contributed by atoms with Crippen LogP contribution in [-0.4, -0.2) is 48.9 Å². The van der Waals surface area contributed by atoms with Gasteiger partial charge in [0.2, 0.25) is 5.91 Å². The number of hydrogen-bond donors (Lipinski definition) is 3. The summed E-state index contributed by atoms with van der Waals surface area (Å²) in [6.07, 6.45) is 2.44. The second-order valence-electron chi connectivity index (χ2n) is 6.23. The highest BCUT2D eigenvalue weighted by Crippen LogP contribution is 2.19. The highest BCUT2D eigenvalue weighted by atomic mass is 16.2. The number of nitrogens with one attached hydrogen (secondary N) is 3. The molecule has 1 heterocycles. The van der Waals surface area contributed by atoms with E-state index in [1.807, 2.05) is 38.4 Å². The normalized spacial score (nSPS) is 10.5. The first kappa shape index (κ1) is 19.4. The standard InChI is InChI=1S/C19H25N5O2/c1-14(25)22-16-6-4-7-17(12-16)23-18-9-8-15(13-21-18)19(26)20-10-5-11-24(2)3/h4,6-9,12-13H,5,10-11H2,1-3H3,(H,20,26)(H,21,23)(H,22,25). The summed E-state index contributed by atoms with van der Waals surface area (Å²) >= 11 is 0. The summed E-state index contributed by atoms with van der Waals surface area (Å²) in [5.74, 6) is 0.366. The Morgan fingerprint density at radius 3 is 2.54 bits per heavy atom. The maximum atomic E-state index is 12.1. The van der Waals surface area contributed by atoms with E-state index < -0.39 is 0 Å². The van der Waals surface area contributed by atoms with Crippen molar-refractivity contribution in [1.82, 2.24) is 15.2 Å². The Labute approximate surface area is 153 Å². The SMILES string of the molecule is CC(=O)Nc1cccc(Nc2ccc(C(=O)NCCCN(C)C)cn2)c1. The minimum Gasteiger partial charge on any atom is -0.352 e. The summed E-state index contributed by atoms with van der Waals surface area (Å²) < 4.78 is 0. The number of aromatic nitrogens is 1. The van der Waals surface area contributed by atoms with Gasteiger partial charge in [-0.2, -0.15) is 0 Å². The van der Waals surface area contributed by atoms with Gasteiger partial charge in [0, 0.05) is 31.0 Å². The van der Waals surface area contributed by atoms with Crippen LogP contribution in [0.2, 0.25) is 0 Å². The van der Waals surface area contributed by atoms with Gasteiger partial charge in [0.25, 0.3) is 5.91 Å². The average Bonchev–Trinajstić information content (AvgIpc) is 2.59. The Morgan fingerprint density at radius 1 is 1.12 bits per heavy atom. The molecular weight excluding hydrogens is 330 g/mol. The van der Waals surface area contributed by atoms with Crippen LogP contribution >= 0.6 is 0 Å². The molecule has 26 heavy (non-hydrogen) atoms. The fraction of sp³-hybridized carbons (Fsp3) is 0.316. The Hall–Kier alpha value is -2.93. The number of nitrogens with zero attached hydrogens (tertiary/aromatic N) is 2. The van der Waals surface area contributed by atoms with Crippen molar-refractivity contribution in [2.24, 2.45) is 0 Å². The molecule has 0 fully saturated rings. The van der Waals surface area contributed by atoms with Gasteiger partial charge in [-0.25, -0.2) is 4.98 Å². The van der Waals surface area contributed by atoms with Crippen LogP contribution < -0.4 is 16.0 Å². The van der Waals surface area contributed by atoms with E-state index in [0.29, 0.717) is 23.6 Å². The topological polar surface area (TPSA) is 86.4 Å². The lowest BCUT2D eigenvalue weighted by Gasteiger charge is -2.10. The number of hydrogen-bond acceptors (Lipinski definition) is 5. The van der Waals surface area contributed by atoms with Crippen LogP contribution in [0.5, 0.6) is 0 Å². The lowest BCUT2D eigenvalue weighted by atomic mass is 10.2. The van der Waals surface area contributed by atoms with Gasteiger partial charge >= 0.3 is 0 Å². The molecule has 0 atom stereocenters. The first-order chi connectivity index (χ1) is 12.4. The maximum absolute atomic E-state index is 12.1. The lowest BCUT2D eigenvalue weighted by molar-refractivity contribution is -0.114. The molecule has 0 spiro atoms. The van der Waals surface area contributed by atoms with Gasteiger partial charge in [0.05, 0.1) is 5.56 Å². The lowest BCUT2D eigenvalue weighted by Crippen LogP contribution is -2.27. The zero-order chi connectivity index (χ0) is 18.9. The van der Waals surface area contributed by atoms with Crippen LogP contribution in [0.25, 0.3) is 0 Å². The number of anilines is 3. The first-order valence-corrected chi connectivity index (χ1v) is 8.47. The van der Waals surface area contributed by atoms with Gasteiger partial charge in [-0.1, -0.05) is 6.07 Å². The van der Waals surface area contributed by atoms with Gasteiger partial charge in [-0.15, -0.1) is 0 Å². The second kappa shape index (κ2) is 9.53. The molecule has 0 saturated heterocycles. The molecule has 0 bridgehead atoms.